The minimum atomic E-state index is -1.22. The van der Waals surface area contributed by atoms with Crippen LogP contribution in [0.25, 0.3) is 0 Å². The highest BCUT2D eigenvalue weighted by atomic mass is 32.1. The Hall–Kier alpha value is -1.89. The number of hydrogen-bond acceptors (Lipinski definition) is 4. The van der Waals surface area contributed by atoms with E-state index in [1.165, 1.54) is 11.3 Å². The monoisotopic (exact) mass is 352 g/mol. The molecule has 0 saturated heterocycles. The molecule has 1 saturated carbocycles. The van der Waals surface area contributed by atoms with E-state index in [1.54, 1.807) is 24.4 Å². The number of carboxylic acids is 1. The Kier molecular flexibility index (Phi) is 5.99. The molecule has 3 N–H and O–H groups in total. The lowest BCUT2D eigenvalue weighted by Crippen LogP contribution is -2.60. The average molecular weight is 352 g/mol. The van der Waals surface area contributed by atoms with Crippen molar-refractivity contribution in [2.24, 2.45) is 5.92 Å². The van der Waals surface area contributed by atoms with Gasteiger partial charge in [-0.05, 0) is 50.0 Å². The number of nitrogens with one attached hydrogen (secondary N) is 2. The molecule has 1 aliphatic rings. The number of hydrogen-bond donors (Lipinski definition) is 3. The maximum Gasteiger partial charge on any atom is 0.329 e. The fraction of sp³-hybridized carbons (Fsp3) is 0.588. The highest BCUT2D eigenvalue weighted by Crippen LogP contribution is 2.34. The van der Waals surface area contributed by atoms with E-state index in [9.17, 15) is 19.5 Å². The summed E-state index contributed by atoms with van der Waals surface area (Å²) in [6.45, 7) is 3.66. The lowest BCUT2D eigenvalue weighted by Gasteiger charge is -2.37. The van der Waals surface area contributed by atoms with Gasteiger partial charge in [-0.25, -0.2) is 4.79 Å². The van der Waals surface area contributed by atoms with Gasteiger partial charge in [0.2, 0.25) is 5.91 Å². The SMILES string of the molecule is CCC1CCC(NC(=O)C(C)NC(=O)c2cccs2)(C(=O)O)CC1. The van der Waals surface area contributed by atoms with E-state index in [0.717, 1.165) is 19.3 Å². The van der Waals surface area contributed by atoms with Crippen molar-refractivity contribution in [3.63, 3.8) is 0 Å². The Bertz CT molecular complexity index is 592. The van der Waals surface area contributed by atoms with Gasteiger partial charge >= 0.3 is 5.97 Å². The molecule has 1 aromatic rings. The highest BCUT2D eigenvalue weighted by Gasteiger charge is 2.43. The van der Waals surface area contributed by atoms with Crippen LogP contribution >= 0.6 is 11.3 Å². The number of aliphatic carboxylic acids is 1. The van der Waals surface area contributed by atoms with Gasteiger partial charge in [0.05, 0.1) is 4.88 Å². The fourth-order valence-electron chi connectivity index (χ4n) is 3.06. The number of rotatable bonds is 6. The summed E-state index contributed by atoms with van der Waals surface area (Å²) in [6, 6.07) is 2.64. The zero-order valence-corrected chi connectivity index (χ0v) is 14.8. The molecule has 1 unspecified atom stereocenters. The average Bonchev–Trinajstić information content (AvgIpc) is 3.09. The summed E-state index contributed by atoms with van der Waals surface area (Å²) < 4.78 is 0. The molecule has 1 aliphatic carbocycles. The van der Waals surface area contributed by atoms with Crippen molar-refractivity contribution in [3.8, 4) is 0 Å². The Morgan fingerprint density at radius 2 is 2.04 bits per heavy atom. The molecule has 0 aromatic carbocycles. The largest absolute Gasteiger partial charge is 0.480 e. The first kappa shape index (κ1) is 18.4. The quantitative estimate of drug-likeness (QED) is 0.732. The zero-order valence-electron chi connectivity index (χ0n) is 14.0. The van der Waals surface area contributed by atoms with Gasteiger partial charge in [-0.15, -0.1) is 11.3 Å². The van der Waals surface area contributed by atoms with Gasteiger partial charge in [0.15, 0.2) is 0 Å². The molecule has 1 heterocycles. The van der Waals surface area contributed by atoms with Crippen molar-refractivity contribution < 1.29 is 19.5 Å². The summed E-state index contributed by atoms with van der Waals surface area (Å²) in [5, 5.41) is 16.7. The van der Waals surface area contributed by atoms with Gasteiger partial charge in [0, 0.05) is 0 Å². The number of carbonyl (C=O) groups excluding carboxylic acids is 2. The molecule has 132 valence electrons. The predicted octanol–water partition coefficient (Wildman–Crippen LogP) is 2.41. The third kappa shape index (κ3) is 4.14. The third-order valence-electron chi connectivity index (χ3n) is 4.79. The van der Waals surface area contributed by atoms with Gasteiger partial charge in [-0.1, -0.05) is 19.4 Å². The first-order valence-corrected chi connectivity index (χ1v) is 9.15. The summed E-state index contributed by atoms with van der Waals surface area (Å²) >= 11 is 1.29. The van der Waals surface area contributed by atoms with E-state index < -0.39 is 23.5 Å². The summed E-state index contributed by atoms with van der Waals surface area (Å²) in [6.07, 6.45) is 3.46. The van der Waals surface area contributed by atoms with Gasteiger partial charge < -0.3 is 15.7 Å². The highest BCUT2D eigenvalue weighted by molar-refractivity contribution is 7.12. The lowest BCUT2D eigenvalue weighted by atomic mass is 9.75. The summed E-state index contributed by atoms with van der Waals surface area (Å²) in [5.74, 6) is -1.27. The predicted molar refractivity (Wildman–Crippen MR) is 92.0 cm³/mol. The Morgan fingerprint density at radius 3 is 2.54 bits per heavy atom. The molecule has 1 fully saturated rings. The maximum atomic E-state index is 12.4. The van der Waals surface area contributed by atoms with Crippen LogP contribution in [0.15, 0.2) is 17.5 Å². The molecule has 0 aliphatic heterocycles. The molecule has 24 heavy (non-hydrogen) atoms. The molecule has 1 aromatic heterocycles. The molecule has 2 amide bonds. The Labute approximate surface area is 145 Å². The molecular weight excluding hydrogens is 328 g/mol. The van der Waals surface area contributed by atoms with E-state index in [1.807, 2.05) is 0 Å². The van der Waals surface area contributed by atoms with Crippen molar-refractivity contribution >= 4 is 29.1 Å². The molecule has 1 atom stereocenters. The van der Waals surface area contributed by atoms with Gasteiger partial charge in [0.1, 0.15) is 11.6 Å². The van der Waals surface area contributed by atoms with Crippen LogP contribution in [0.1, 0.15) is 55.6 Å². The summed E-state index contributed by atoms with van der Waals surface area (Å²) in [4.78, 5) is 36.7. The normalized spacial score (nSPS) is 24.8. The van der Waals surface area contributed by atoms with E-state index in [2.05, 4.69) is 17.6 Å². The first-order valence-electron chi connectivity index (χ1n) is 8.27. The molecule has 6 nitrogen and oxygen atoms in total. The van der Waals surface area contributed by atoms with Crippen LogP contribution < -0.4 is 10.6 Å². The maximum absolute atomic E-state index is 12.4. The van der Waals surface area contributed by atoms with Crippen molar-refractivity contribution in [3.05, 3.63) is 22.4 Å². The van der Waals surface area contributed by atoms with E-state index >= 15 is 0 Å². The zero-order chi connectivity index (χ0) is 17.7. The van der Waals surface area contributed by atoms with Crippen LogP contribution in [0.5, 0.6) is 0 Å². The van der Waals surface area contributed by atoms with E-state index in [4.69, 9.17) is 0 Å². The standard InChI is InChI=1S/C17H24N2O4S/c1-3-12-6-8-17(9-7-12,16(22)23)19-14(20)11(2)18-15(21)13-5-4-10-24-13/h4-5,10-12H,3,6-9H2,1-2H3,(H,18,21)(H,19,20)(H,22,23). The van der Waals surface area contributed by atoms with Crippen LogP contribution in [0.4, 0.5) is 0 Å². The van der Waals surface area contributed by atoms with Crippen LogP contribution in [0, 0.1) is 5.92 Å². The van der Waals surface area contributed by atoms with Crippen molar-refractivity contribution in [1.82, 2.24) is 10.6 Å². The number of thiophene rings is 1. The topological polar surface area (TPSA) is 95.5 Å². The minimum absolute atomic E-state index is 0.327. The number of carbonyl (C=O) groups is 3. The van der Waals surface area contributed by atoms with Crippen LogP contribution in [-0.4, -0.2) is 34.5 Å². The van der Waals surface area contributed by atoms with Crippen LogP contribution in [-0.2, 0) is 9.59 Å². The molecule has 2 rings (SSSR count). The van der Waals surface area contributed by atoms with Crippen LogP contribution in [0.3, 0.4) is 0 Å². The molecular formula is C17H24N2O4S. The fourth-order valence-corrected chi connectivity index (χ4v) is 3.68. The van der Waals surface area contributed by atoms with Gasteiger partial charge in [0.25, 0.3) is 5.91 Å². The number of amides is 2. The Balaban J connectivity index is 1.97. The second-order valence-electron chi connectivity index (χ2n) is 6.40. The lowest BCUT2D eigenvalue weighted by molar-refractivity contribution is -0.150. The summed E-state index contributed by atoms with van der Waals surface area (Å²) in [5.41, 5.74) is -1.22. The van der Waals surface area contributed by atoms with Crippen molar-refractivity contribution in [2.45, 2.75) is 57.5 Å². The smallest absolute Gasteiger partial charge is 0.329 e. The molecule has 0 spiro atoms. The number of carboxylic acid groups (broad SMARTS) is 1. The van der Waals surface area contributed by atoms with Crippen molar-refractivity contribution in [1.29, 1.82) is 0 Å². The van der Waals surface area contributed by atoms with Crippen molar-refractivity contribution in [2.75, 3.05) is 0 Å². The van der Waals surface area contributed by atoms with Gasteiger partial charge in [-0.3, -0.25) is 9.59 Å². The third-order valence-corrected chi connectivity index (χ3v) is 5.66. The first-order chi connectivity index (χ1) is 11.4. The molecule has 0 radical (unpaired) electrons. The summed E-state index contributed by atoms with van der Waals surface area (Å²) in [7, 11) is 0. The van der Waals surface area contributed by atoms with E-state index in [-0.39, 0.29) is 5.91 Å². The second-order valence-corrected chi connectivity index (χ2v) is 7.35. The van der Waals surface area contributed by atoms with Crippen LogP contribution in [0.2, 0.25) is 0 Å². The second kappa shape index (κ2) is 7.79. The Morgan fingerprint density at radius 1 is 1.38 bits per heavy atom. The molecule has 0 bridgehead atoms. The van der Waals surface area contributed by atoms with Gasteiger partial charge in [-0.2, -0.15) is 0 Å². The van der Waals surface area contributed by atoms with E-state index in [0.29, 0.717) is 23.6 Å². The minimum Gasteiger partial charge on any atom is -0.480 e. The molecule has 7 heteroatoms.